The van der Waals surface area contributed by atoms with E-state index in [-0.39, 0.29) is 51.4 Å². The van der Waals surface area contributed by atoms with E-state index in [9.17, 15) is 0 Å². The molecule has 2 N–H and O–H groups in total. The standard InChI is InChI=1S/C8H19N.K.H3O4P/c1-6-9(7(2)3)8(4)5;;1-5(2,3)4/h7-8H,6H2,1-5H3;;(H3,1,2,3,4)/q;+1;/p-1. The summed E-state index contributed by atoms with van der Waals surface area (Å²) < 4.78 is 8.77. The molecule has 0 unspecified atom stereocenters. The van der Waals surface area contributed by atoms with Crippen molar-refractivity contribution in [3.05, 3.63) is 0 Å². The molecule has 0 heterocycles. The van der Waals surface area contributed by atoms with Gasteiger partial charge in [0.15, 0.2) is 0 Å². The summed E-state index contributed by atoms with van der Waals surface area (Å²) in [4.78, 5) is 25.4. The summed E-state index contributed by atoms with van der Waals surface area (Å²) in [7, 11) is -4.89. The van der Waals surface area contributed by atoms with Gasteiger partial charge >= 0.3 is 51.4 Å². The van der Waals surface area contributed by atoms with Crippen molar-refractivity contribution in [2.45, 2.75) is 46.7 Å². The fourth-order valence-corrected chi connectivity index (χ4v) is 1.33. The SMILES string of the molecule is CCN(C(C)C)C(C)C.O=P([O-])(O)O.[K+]. The third-order valence-corrected chi connectivity index (χ3v) is 1.69. The molecule has 0 aromatic carbocycles. The summed E-state index contributed by atoms with van der Waals surface area (Å²) >= 11 is 0. The molecule has 0 aromatic rings. The van der Waals surface area contributed by atoms with E-state index in [1.807, 2.05) is 0 Å². The van der Waals surface area contributed by atoms with Gasteiger partial charge in [0.25, 0.3) is 7.82 Å². The molecule has 88 valence electrons. The van der Waals surface area contributed by atoms with Crippen LogP contribution in [-0.2, 0) is 4.57 Å². The van der Waals surface area contributed by atoms with E-state index in [0.29, 0.717) is 12.1 Å². The van der Waals surface area contributed by atoms with E-state index < -0.39 is 7.82 Å². The molecule has 0 rings (SSSR count). The van der Waals surface area contributed by atoms with E-state index in [2.05, 4.69) is 39.5 Å². The van der Waals surface area contributed by atoms with Gasteiger partial charge in [-0.1, -0.05) is 6.92 Å². The number of phosphoric acid groups is 1. The third-order valence-electron chi connectivity index (χ3n) is 1.69. The Bertz CT molecular complexity index is 167. The van der Waals surface area contributed by atoms with Crippen molar-refractivity contribution >= 4 is 7.82 Å². The van der Waals surface area contributed by atoms with Crippen LogP contribution in [0.1, 0.15) is 34.6 Å². The molecular formula is C8H21KNO4P. The second-order valence-corrected chi connectivity index (χ2v) is 4.49. The van der Waals surface area contributed by atoms with Crippen molar-refractivity contribution in [3.63, 3.8) is 0 Å². The normalized spacial score (nSPS) is 11.1. The number of hydrogen-bond acceptors (Lipinski definition) is 3. The van der Waals surface area contributed by atoms with Crippen LogP contribution in [0.3, 0.4) is 0 Å². The molecule has 0 amide bonds. The van der Waals surface area contributed by atoms with E-state index in [1.165, 1.54) is 0 Å². The van der Waals surface area contributed by atoms with Crippen LogP contribution in [0.25, 0.3) is 0 Å². The fourth-order valence-electron chi connectivity index (χ4n) is 1.33. The summed E-state index contributed by atoms with van der Waals surface area (Å²) in [5, 5.41) is 0. The third kappa shape index (κ3) is 21.5. The Morgan fingerprint density at radius 1 is 1.20 bits per heavy atom. The Morgan fingerprint density at radius 2 is 1.40 bits per heavy atom. The molecule has 0 aliphatic heterocycles. The minimum atomic E-state index is -4.89. The minimum absolute atomic E-state index is 0. The van der Waals surface area contributed by atoms with Gasteiger partial charge in [0.2, 0.25) is 0 Å². The van der Waals surface area contributed by atoms with Gasteiger partial charge in [-0.25, -0.2) is 0 Å². The summed E-state index contributed by atoms with van der Waals surface area (Å²) in [6, 6.07) is 1.38. The first-order chi connectivity index (χ1) is 6.09. The maximum absolute atomic E-state index is 8.77. The van der Waals surface area contributed by atoms with Crippen LogP contribution in [-0.4, -0.2) is 33.3 Å². The van der Waals surface area contributed by atoms with Crippen molar-refractivity contribution in [1.82, 2.24) is 4.90 Å². The molecule has 0 saturated carbocycles. The first-order valence-corrected chi connectivity index (χ1v) is 6.14. The van der Waals surface area contributed by atoms with E-state index >= 15 is 0 Å². The molecule has 0 aliphatic rings. The molecule has 0 aromatic heterocycles. The Kier molecular flexibility index (Phi) is 15.8. The van der Waals surface area contributed by atoms with Crippen molar-refractivity contribution in [3.8, 4) is 0 Å². The molecule has 0 aliphatic carbocycles. The van der Waals surface area contributed by atoms with Crippen molar-refractivity contribution in [1.29, 1.82) is 0 Å². The topological polar surface area (TPSA) is 83.8 Å². The quantitative estimate of drug-likeness (QED) is 0.438. The maximum Gasteiger partial charge on any atom is 1.00 e. The van der Waals surface area contributed by atoms with Gasteiger partial charge in [-0.3, -0.25) is 9.46 Å². The maximum atomic E-state index is 8.77. The molecule has 15 heavy (non-hydrogen) atoms. The average molecular weight is 265 g/mol. The van der Waals surface area contributed by atoms with Gasteiger partial charge in [-0.05, 0) is 34.2 Å². The van der Waals surface area contributed by atoms with E-state index in [1.54, 1.807) is 0 Å². The number of nitrogens with zero attached hydrogens (tertiary/aromatic N) is 1. The molecule has 0 spiro atoms. The van der Waals surface area contributed by atoms with Gasteiger partial charge in [0, 0.05) is 12.1 Å². The summed E-state index contributed by atoms with van der Waals surface area (Å²) in [6.07, 6.45) is 0. The second-order valence-electron chi connectivity index (χ2n) is 3.51. The van der Waals surface area contributed by atoms with Crippen LogP contribution in [0.15, 0.2) is 0 Å². The van der Waals surface area contributed by atoms with Crippen molar-refractivity contribution in [2.24, 2.45) is 0 Å². The van der Waals surface area contributed by atoms with Crippen LogP contribution in [0, 0.1) is 0 Å². The Hall–Kier alpha value is 1.71. The minimum Gasteiger partial charge on any atom is -0.756 e. The largest absolute Gasteiger partial charge is 1.00 e. The summed E-state index contributed by atoms with van der Waals surface area (Å²) in [6.45, 7) is 12.3. The molecule has 0 saturated heterocycles. The zero-order valence-electron chi connectivity index (χ0n) is 10.5. The van der Waals surface area contributed by atoms with E-state index in [4.69, 9.17) is 19.2 Å². The van der Waals surface area contributed by atoms with Gasteiger partial charge in [0.1, 0.15) is 0 Å². The van der Waals surface area contributed by atoms with Crippen LogP contribution in [0.2, 0.25) is 0 Å². The first kappa shape index (κ1) is 21.9. The number of rotatable bonds is 3. The number of hydrogen-bond donors (Lipinski definition) is 2. The molecule has 0 fully saturated rings. The molecule has 0 atom stereocenters. The Balaban J connectivity index is -0.000000208. The van der Waals surface area contributed by atoms with E-state index in [0.717, 1.165) is 6.54 Å². The monoisotopic (exact) mass is 265 g/mol. The predicted octanol–water partition coefficient (Wildman–Crippen LogP) is -2.43. The van der Waals surface area contributed by atoms with Crippen LogP contribution >= 0.6 is 7.82 Å². The fraction of sp³-hybridized carbons (Fsp3) is 1.00. The van der Waals surface area contributed by atoms with Crippen molar-refractivity contribution < 1.29 is 70.6 Å². The van der Waals surface area contributed by atoms with Gasteiger partial charge < -0.3 is 14.7 Å². The molecule has 0 bridgehead atoms. The van der Waals surface area contributed by atoms with Crippen LogP contribution in [0.4, 0.5) is 0 Å². The molecule has 7 heteroatoms. The zero-order valence-corrected chi connectivity index (χ0v) is 14.5. The Morgan fingerprint density at radius 3 is 1.40 bits per heavy atom. The Labute approximate surface area is 135 Å². The molecule has 0 radical (unpaired) electrons. The van der Waals surface area contributed by atoms with Gasteiger partial charge in [-0.2, -0.15) is 0 Å². The summed E-state index contributed by atoms with van der Waals surface area (Å²) in [5.74, 6) is 0. The smallest absolute Gasteiger partial charge is 0.756 e. The second kappa shape index (κ2) is 10.8. The van der Waals surface area contributed by atoms with Gasteiger partial charge in [0.05, 0.1) is 0 Å². The first-order valence-electron chi connectivity index (χ1n) is 4.61. The average Bonchev–Trinajstić information content (AvgIpc) is 1.81. The predicted molar refractivity (Wildman–Crippen MR) is 54.7 cm³/mol. The van der Waals surface area contributed by atoms with Gasteiger partial charge in [-0.15, -0.1) is 0 Å². The molecule has 5 nitrogen and oxygen atoms in total. The van der Waals surface area contributed by atoms with Crippen molar-refractivity contribution in [2.75, 3.05) is 6.54 Å². The summed E-state index contributed by atoms with van der Waals surface area (Å²) in [5.41, 5.74) is 0. The van der Waals surface area contributed by atoms with Crippen LogP contribution < -0.4 is 56.3 Å². The molecular weight excluding hydrogens is 244 g/mol. The zero-order chi connectivity index (χ0) is 11.9. The van der Waals surface area contributed by atoms with Crippen LogP contribution in [0.5, 0.6) is 0 Å².